The summed E-state index contributed by atoms with van der Waals surface area (Å²) in [7, 11) is -3.56. The molecule has 1 aromatic heterocycles. The molecular weight excluding hydrogens is 354 g/mol. The second-order valence-electron chi connectivity index (χ2n) is 5.51. The SMILES string of the molecule is O=C(Nc1ccon1)C1CCN(S(=O)(=O)c2ccc(Cl)cc2)CC1. The van der Waals surface area contributed by atoms with Crippen molar-refractivity contribution < 1.29 is 17.7 Å². The second kappa shape index (κ2) is 6.92. The fraction of sp³-hybridized carbons (Fsp3) is 0.333. The summed E-state index contributed by atoms with van der Waals surface area (Å²) >= 11 is 5.80. The van der Waals surface area contributed by atoms with Crippen LogP contribution in [0.1, 0.15) is 12.8 Å². The zero-order valence-electron chi connectivity index (χ0n) is 12.7. The minimum atomic E-state index is -3.56. The molecule has 0 bridgehead atoms. The number of hydrogen-bond donors (Lipinski definition) is 1. The average Bonchev–Trinajstić information content (AvgIpc) is 3.08. The first-order valence-corrected chi connectivity index (χ1v) is 9.25. The minimum Gasteiger partial charge on any atom is -0.363 e. The van der Waals surface area contributed by atoms with Crippen molar-refractivity contribution in [2.24, 2.45) is 5.92 Å². The number of benzene rings is 1. The minimum absolute atomic E-state index is 0.174. The van der Waals surface area contributed by atoms with E-state index in [1.165, 1.54) is 22.7 Å². The second-order valence-corrected chi connectivity index (χ2v) is 7.88. The maximum atomic E-state index is 12.6. The Morgan fingerprint density at radius 1 is 1.21 bits per heavy atom. The van der Waals surface area contributed by atoms with Gasteiger partial charge in [0.15, 0.2) is 5.82 Å². The number of sulfonamides is 1. The summed E-state index contributed by atoms with van der Waals surface area (Å²) in [6.07, 6.45) is 2.28. The van der Waals surface area contributed by atoms with Gasteiger partial charge in [-0.25, -0.2) is 8.42 Å². The fourth-order valence-electron chi connectivity index (χ4n) is 2.62. The number of amides is 1. The van der Waals surface area contributed by atoms with Gasteiger partial charge in [0, 0.05) is 30.1 Å². The molecule has 1 saturated heterocycles. The molecule has 0 unspecified atom stereocenters. The standard InChI is InChI=1S/C15H16ClN3O4S/c16-12-1-3-13(4-2-12)24(21,22)19-8-5-11(6-9-19)15(20)17-14-7-10-23-18-14/h1-4,7,10-11H,5-6,8-9H2,(H,17,18,20). The lowest BCUT2D eigenvalue weighted by molar-refractivity contribution is -0.120. The summed E-state index contributed by atoms with van der Waals surface area (Å²) in [4.78, 5) is 12.4. The summed E-state index contributed by atoms with van der Waals surface area (Å²) in [5.41, 5.74) is 0. The number of rotatable bonds is 4. The number of anilines is 1. The van der Waals surface area contributed by atoms with E-state index in [9.17, 15) is 13.2 Å². The van der Waals surface area contributed by atoms with E-state index in [0.29, 0.717) is 36.8 Å². The van der Waals surface area contributed by atoms with Crippen molar-refractivity contribution in [2.45, 2.75) is 17.7 Å². The van der Waals surface area contributed by atoms with Crippen LogP contribution in [0.2, 0.25) is 5.02 Å². The van der Waals surface area contributed by atoms with Crippen LogP contribution in [0, 0.1) is 5.92 Å². The first-order chi connectivity index (χ1) is 11.5. The third-order valence-corrected chi connectivity index (χ3v) is 6.13. The molecule has 2 aromatic rings. The third-order valence-electron chi connectivity index (χ3n) is 3.97. The number of piperidine rings is 1. The highest BCUT2D eigenvalue weighted by Gasteiger charge is 2.32. The van der Waals surface area contributed by atoms with Gasteiger partial charge in [0.2, 0.25) is 15.9 Å². The van der Waals surface area contributed by atoms with Crippen molar-refractivity contribution >= 4 is 33.3 Å². The summed E-state index contributed by atoms with van der Waals surface area (Å²) in [5, 5.41) is 6.77. The highest BCUT2D eigenvalue weighted by Crippen LogP contribution is 2.25. The van der Waals surface area contributed by atoms with Gasteiger partial charge in [0.25, 0.3) is 0 Å². The van der Waals surface area contributed by atoms with Crippen LogP contribution in [0.4, 0.5) is 5.82 Å². The normalized spacial score (nSPS) is 16.9. The number of carbonyl (C=O) groups is 1. The lowest BCUT2D eigenvalue weighted by Gasteiger charge is -2.30. The van der Waals surface area contributed by atoms with Crippen LogP contribution in [-0.4, -0.2) is 36.9 Å². The Kier molecular flexibility index (Phi) is 4.88. The van der Waals surface area contributed by atoms with Gasteiger partial charge < -0.3 is 9.84 Å². The predicted octanol–water partition coefficient (Wildman–Crippen LogP) is 2.37. The Hall–Kier alpha value is -1.90. The van der Waals surface area contributed by atoms with Crippen LogP contribution < -0.4 is 5.32 Å². The first kappa shape index (κ1) is 16.9. The lowest BCUT2D eigenvalue weighted by Crippen LogP contribution is -2.41. The summed E-state index contributed by atoms with van der Waals surface area (Å²) in [5.74, 6) is -0.0676. The summed E-state index contributed by atoms with van der Waals surface area (Å²) < 4.78 is 31.2. The molecule has 128 valence electrons. The van der Waals surface area contributed by atoms with Gasteiger partial charge in [0.05, 0.1) is 4.90 Å². The van der Waals surface area contributed by atoms with E-state index in [-0.39, 0.29) is 16.7 Å². The zero-order valence-corrected chi connectivity index (χ0v) is 14.3. The van der Waals surface area contributed by atoms with Crippen LogP contribution in [0.5, 0.6) is 0 Å². The molecular formula is C15H16ClN3O4S. The van der Waals surface area contributed by atoms with Crippen LogP contribution >= 0.6 is 11.6 Å². The quantitative estimate of drug-likeness (QED) is 0.893. The van der Waals surface area contributed by atoms with Crippen LogP contribution in [0.3, 0.4) is 0 Å². The molecule has 1 N–H and O–H groups in total. The lowest BCUT2D eigenvalue weighted by atomic mass is 9.97. The summed E-state index contributed by atoms with van der Waals surface area (Å²) in [6, 6.07) is 7.62. The monoisotopic (exact) mass is 369 g/mol. The van der Waals surface area contributed by atoms with E-state index in [1.54, 1.807) is 18.2 Å². The molecule has 0 aliphatic carbocycles. The Bertz CT molecular complexity index is 798. The zero-order chi connectivity index (χ0) is 17.2. The van der Waals surface area contributed by atoms with E-state index >= 15 is 0 Å². The molecule has 1 fully saturated rings. The van der Waals surface area contributed by atoms with E-state index in [2.05, 4.69) is 15.0 Å². The number of nitrogens with zero attached hydrogens (tertiary/aromatic N) is 2. The maximum absolute atomic E-state index is 12.6. The van der Waals surface area contributed by atoms with Gasteiger partial charge in [-0.3, -0.25) is 4.79 Å². The summed E-state index contributed by atoms with van der Waals surface area (Å²) in [6.45, 7) is 0.587. The number of hydrogen-bond acceptors (Lipinski definition) is 5. The number of nitrogens with one attached hydrogen (secondary N) is 1. The van der Waals surface area contributed by atoms with Gasteiger partial charge in [-0.15, -0.1) is 0 Å². The molecule has 1 aromatic carbocycles. The van der Waals surface area contributed by atoms with Crippen molar-refractivity contribution in [2.75, 3.05) is 18.4 Å². The van der Waals surface area contributed by atoms with Crippen molar-refractivity contribution in [3.8, 4) is 0 Å². The Morgan fingerprint density at radius 2 is 1.88 bits per heavy atom. The predicted molar refractivity (Wildman–Crippen MR) is 88.1 cm³/mol. The molecule has 9 heteroatoms. The number of carbonyl (C=O) groups excluding carboxylic acids is 1. The smallest absolute Gasteiger partial charge is 0.243 e. The number of aromatic nitrogens is 1. The van der Waals surface area contributed by atoms with Crippen LogP contribution in [0.15, 0.2) is 46.0 Å². The maximum Gasteiger partial charge on any atom is 0.243 e. The third kappa shape index (κ3) is 3.61. The highest BCUT2D eigenvalue weighted by molar-refractivity contribution is 7.89. The molecule has 0 atom stereocenters. The van der Waals surface area contributed by atoms with E-state index in [0.717, 1.165) is 0 Å². The molecule has 3 rings (SSSR count). The van der Waals surface area contributed by atoms with E-state index in [1.807, 2.05) is 0 Å². The largest absolute Gasteiger partial charge is 0.363 e. The molecule has 1 aliphatic heterocycles. The fourth-order valence-corrected chi connectivity index (χ4v) is 4.21. The van der Waals surface area contributed by atoms with Gasteiger partial charge in [0.1, 0.15) is 6.26 Å². The van der Waals surface area contributed by atoms with Gasteiger partial charge >= 0.3 is 0 Å². The molecule has 0 spiro atoms. The molecule has 0 saturated carbocycles. The number of halogens is 1. The molecule has 2 heterocycles. The van der Waals surface area contributed by atoms with Crippen molar-refractivity contribution in [1.82, 2.24) is 9.46 Å². The van der Waals surface area contributed by atoms with Crippen molar-refractivity contribution in [3.05, 3.63) is 41.6 Å². The van der Waals surface area contributed by atoms with Crippen molar-refractivity contribution in [3.63, 3.8) is 0 Å². The Balaban J connectivity index is 1.62. The molecule has 24 heavy (non-hydrogen) atoms. The van der Waals surface area contributed by atoms with E-state index in [4.69, 9.17) is 11.6 Å². The van der Waals surface area contributed by atoms with Gasteiger partial charge in [-0.05, 0) is 37.1 Å². The molecule has 0 radical (unpaired) electrons. The molecule has 1 aliphatic rings. The van der Waals surface area contributed by atoms with Crippen LogP contribution in [0.25, 0.3) is 0 Å². The molecule has 7 nitrogen and oxygen atoms in total. The highest BCUT2D eigenvalue weighted by atomic mass is 35.5. The average molecular weight is 370 g/mol. The van der Waals surface area contributed by atoms with E-state index < -0.39 is 10.0 Å². The first-order valence-electron chi connectivity index (χ1n) is 7.44. The van der Waals surface area contributed by atoms with Gasteiger partial charge in [-0.2, -0.15) is 4.31 Å². The van der Waals surface area contributed by atoms with Crippen molar-refractivity contribution in [1.29, 1.82) is 0 Å². The molecule has 1 amide bonds. The Morgan fingerprint density at radius 3 is 2.46 bits per heavy atom. The Labute approximate surface area is 144 Å². The van der Waals surface area contributed by atoms with Crippen LogP contribution in [-0.2, 0) is 14.8 Å². The topological polar surface area (TPSA) is 92.5 Å². The van der Waals surface area contributed by atoms with Gasteiger partial charge in [-0.1, -0.05) is 16.8 Å².